The Bertz CT molecular complexity index is 386. The van der Waals surface area contributed by atoms with Crippen LogP contribution in [0.25, 0.3) is 0 Å². The zero-order valence-electron chi connectivity index (χ0n) is 9.08. The van der Waals surface area contributed by atoms with Crippen LogP contribution in [0.2, 0.25) is 0 Å². The Morgan fingerprint density at radius 1 is 1.56 bits per heavy atom. The molecule has 2 N–H and O–H groups in total. The van der Waals surface area contributed by atoms with Gasteiger partial charge in [-0.25, -0.2) is 4.39 Å². The number of rotatable bonds is 5. The molecule has 16 heavy (non-hydrogen) atoms. The van der Waals surface area contributed by atoms with Crippen LogP contribution in [0.15, 0.2) is 22.7 Å². The molecular formula is C11H15BrFNOS. The Balaban J connectivity index is 2.59. The van der Waals surface area contributed by atoms with Crippen LogP contribution in [-0.4, -0.2) is 16.0 Å². The predicted octanol–water partition coefficient (Wildman–Crippen LogP) is 2.57. The van der Waals surface area contributed by atoms with Crippen molar-refractivity contribution in [2.24, 2.45) is 5.73 Å². The second-order valence-corrected chi connectivity index (χ2v) is 6.02. The Morgan fingerprint density at radius 2 is 2.25 bits per heavy atom. The van der Waals surface area contributed by atoms with Gasteiger partial charge < -0.3 is 5.73 Å². The Kier molecular flexibility index (Phi) is 5.58. The average Bonchev–Trinajstić information content (AvgIpc) is 2.23. The van der Waals surface area contributed by atoms with Crippen molar-refractivity contribution in [3.63, 3.8) is 0 Å². The fraction of sp³-hybridized carbons (Fsp3) is 0.455. The molecule has 0 saturated carbocycles. The number of hydrogen-bond donors (Lipinski definition) is 1. The second-order valence-electron chi connectivity index (χ2n) is 3.67. The summed E-state index contributed by atoms with van der Waals surface area (Å²) < 4.78 is 25.1. The highest BCUT2D eigenvalue weighted by molar-refractivity contribution is 9.10. The molecule has 0 aliphatic rings. The van der Waals surface area contributed by atoms with Crippen molar-refractivity contribution >= 4 is 26.7 Å². The monoisotopic (exact) mass is 307 g/mol. The summed E-state index contributed by atoms with van der Waals surface area (Å²) >= 11 is 3.10. The molecule has 90 valence electrons. The standard InChI is InChI=1S/C11H15BrFNOS/c1-2-9(14)7-16(15)6-8-3-4-11(13)10(12)5-8/h3-5,9H,2,6-7,14H2,1H3. The molecule has 0 fully saturated rings. The minimum Gasteiger partial charge on any atom is -0.327 e. The van der Waals surface area contributed by atoms with Gasteiger partial charge in [0.2, 0.25) is 0 Å². The first-order valence-electron chi connectivity index (χ1n) is 5.07. The summed E-state index contributed by atoms with van der Waals surface area (Å²) in [6.07, 6.45) is 0.818. The molecule has 0 aliphatic carbocycles. The molecule has 5 heteroatoms. The van der Waals surface area contributed by atoms with Gasteiger partial charge in [-0.1, -0.05) is 13.0 Å². The molecule has 0 bridgehead atoms. The van der Waals surface area contributed by atoms with Gasteiger partial charge in [0.05, 0.1) is 4.47 Å². The molecule has 1 aromatic rings. The van der Waals surface area contributed by atoms with Crippen LogP contribution in [0.4, 0.5) is 4.39 Å². The Hall–Kier alpha value is -0.260. The van der Waals surface area contributed by atoms with Crippen LogP contribution in [0.3, 0.4) is 0 Å². The van der Waals surface area contributed by atoms with E-state index in [1.165, 1.54) is 6.07 Å². The lowest BCUT2D eigenvalue weighted by Crippen LogP contribution is -2.26. The molecule has 0 saturated heterocycles. The van der Waals surface area contributed by atoms with Gasteiger partial charge in [-0.15, -0.1) is 0 Å². The van der Waals surface area contributed by atoms with Crippen LogP contribution in [0, 0.1) is 5.82 Å². The van der Waals surface area contributed by atoms with Crippen molar-refractivity contribution < 1.29 is 8.60 Å². The molecule has 0 spiro atoms. The molecule has 2 nitrogen and oxygen atoms in total. The summed E-state index contributed by atoms with van der Waals surface area (Å²) in [6, 6.07) is 4.65. The van der Waals surface area contributed by atoms with Crippen molar-refractivity contribution in [2.75, 3.05) is 5.75 Å². The largest absolute Gasteiger partial charge is 0.327 e. The molecule has 0 amide bonds. The van der Waals surface area contributed by atoms with E-state index in [0.29, 0.717) is 16.0 Å². The average molecular weight is 308 g/mol. The van der Waals surface area contributed by atoms with Crippen molar-refractivity contribution in [1.29, 1.82) is 0 Å². The van der Waals surface area contributed by atoms with Crippen LogP contribution >= 0.6 is 15.9 Å². The highest BCUT2D eigenvalue weighted by atomic mass is 79.9. The minimum absolute atomic E-state index is 0.0234. The third-order valence-corrected chi connectivity index (χ3v) is 4.30. The first-order valence-corrected chi connectivity index (χ1v) is 7.35. The predicted molar refractivity (Wildman–Crippen MR) is 69.1 cm³/mol. The first kappa shape index (κ1) is 13.8. The van der Waals surface area contributed by atoms with Gasteiger partial charge in [0.15, 0.2) is 0 Å². The normalized spacial score (nSPS) is 14.8. The lowest BCUT2D eigenvalue weighted by atomic mass is 10.2. The van der Waals surface area contributed by atoms with Crippen molar-refractivity contribution in [3.05, 3.63) is 34.1 Å². The fourth-order valence-corrected chi connectivity index (χ4v) is 3.04. The SMILES string of the molecule is CCC(N)CS(=O)Cc1ccc(F)c(Br)c1. The van der Waals surface area contributed by atoms with E-state index >= 15 is 0 Å². The Labute approximate surface area is 106 Å². The van der Waals surface area contributed by atoms with Gasteiger partial charge >= 0.3 is 0 Å². The summed E-state index contributed by atoms with van der Waals surface area (Å²) in [5.41, 5.74) is 6.58. The lowest BCUT2D eigenvalue weighted by molar-refractivity contribution is 0.620. The van der Waals surface area contributed by atoms with Crippen molar-refractivity contribution in [1.82, 2.24) is 0 Å². The maximum atomic E-state index is 13.0. The van der Waals surface area contributed by atoms with E-state index < -0.39 is 10.8 Å². The summed E-state index contributed by atoms with van der Waals surface area (Å²) in [5, 5.41) is 0. The van der Waals surface area contributed by atoms with Crippen LogP contribution < -0.4 is 5.73 Å². The van der Waals surface area contributed by atoms with Gasteiger partial charge in [-0.3, -0.25) is 4.21 Å². The van der Waals surface area contributed by atoms with Gasteiger partial charge in [-0.2, -0.15) is 0 Å². The molecule has 2 unspecified atom stereocenters. The number of hydrogen-bond acceptors (Lipinski definition) is 2. The van der Waals surface area contributed by atoms with E-state index in [4.69, 9.17) is 5.73 Å². The first-order chi connectivity index (χ1) is 7.52. The highest BCUT2D eigenvalue weighted by Crippen LogP contribution is 2.17. The van der Waals surface area contributed by atoms with Crippen LogP contribution in [0.5, 0.6) is 0 Å². The van der Waals surface area contributed by atoms with E-state index in [9.17, 15) is 8.60 Å². The van der Waals surface area contributed by atoms with E-state index in [1.54, 1.807) is 12.1 Å². The smallest absolute Gasteiger partial charge is 0.137 e. The van der Waals surface area contributed by atoms with Crippen molar-refractivity contribution in [2.45, 2.75) is 25.1 Å². The van der Waals surface area contributed by atoms with E-state index in [1.807, 2.05) is 6.92 Å². The lowest BCUT2D eigenvalue weighted by Gasteiger charge is -2.08. The fourth-order valence-electron chi connectivity index (χ4n) is 1.23. The van der Waals surface area contributed by atoms with Crippen LogP contribution in [0.1, 0.15) is 18.9 Å². The summed E-state index contributed by atoms with van der Waals surface area (Å²) in [4.78, 5) is 0. The van der Waals surface area contributed by atoms with Crippen molar-refractivity contribution in [3.8, 4) is 0 Å². The molecule has 1 aromatic carbocycles. The van der Waals surface area contributed by atoms with Gasteiger partial charge in [0, 0.05) is 28.3 Å². The number of benzene rings is 1. The minimum atomic E-state index is -0.984. The van der Waals surface area contributed by atoms with E-state index in [0.717, 1.165) is 12.0 Å². The maximum Gasteiger partial charge on any atom is 0.137 e. The molecule has 2 atom stereocenters. The molecule has 0 heterocycles. The number of halogens is 2. The third kappa shape index (κ3) is 4.31. The molecule has 1 rings (SSSR count). The second kappa shape index (κ2) is 6.47. The van der Waals surface area contributed by atoms with Gasteiger partial charge in [0.1, 0.15) is 5.82 Å². The maximum absolute atomic E-state index is 13.0. The van der Waals surface area contributed by atoms with Crippen LogP contribution in [-0.2, 0) is 16.6 Å². The zero-order valence-corrected chi connectivity index (χ0v) is 11.5. The summed E-state index contributed by atoms with van der Waals surface area (Å²) in [7, 11) is -0.984. The molecular weight excluding hydrogens is 293 g/mol. The van der Waals surface area contributed by atoms with Gasteiger partial charge in [0.25, 0.3) is 0 Å². The Morgan fingerprint density at radius 3 is 2.81 bits per heavy atom. The van der Waals surface area contributed by atoms with E-state index in [2.05, 4.69) is 15.9 Å². The molecule has 0 aromatic heterocycles. The third-order valence-electron chi connectivity index (χ3n) is 2.24. The molecule has 0 radical (unpaired) electrons. The highest BCUT2D eigenvalue weighted by Gasteiger charge is 2.08. The zero-order chi connectivity index (χ0) is 12.1. The topological polar surface area (TPSA) is 43.1 Å². The van der Waals surface area contributed by atoms with Gasteiger partial charge in [-0.05, 0) is 40.0 Å². The molecule has 0 aliphatic heterocycles. The van der Waals surface area contributed by atoms with E-state index in [-0.39, 0.29) is 11.9 Å². The summed E-state index contributed by atoms with van der Waals surface area (Å²) in [6.45, 7) is 1.97. The quantitative estimate of drug-likeness (QED) is 0.908. The summed E-state index contributed by atoms with van der Waals surface area (Å²) in [5.74, 6) is 0.609. The number of nitrogens with two attached hydrogens (primary N) is 1.